The summed E-state index contributed by atoms with van der Waals surface area (Å²) in [6, 6.07) is 6.06. The van der Waals surface area contributed by atoms with E-state index in [0.29, 0.717) is 0 Å². The van der Waals surface area contributed by atoms with Crippen LogP contribution in [0.4, 0.5) is 0 Å². The number of hydrogen-bond donors (Lipinski definition) is 3. The second-order valence-corrected chi connectivity index (χ2v) is 7.58. The van der Waals surface area contributed by atoms with Crippen molar-refractivity contribution in [2.75, 3.05) is 12.8 Å². The Morgan fingerprint density at radius 2 is 1.65 bits per heavy atom. The molecule has 0 aliphatic heterocycles. The summed E-state index contributed by atoms with van der Waals surface area (Å²) in [6.45, 7) is 1.23. The highest BCUT2D eigenvalue weighted by molar-refractivity contribution is 7.89. The predicted molar refractivity (Wildman–Crippen MR) is 72.5 cm³/mol. The lowest BCUT2D eigenvalue weighted by atomic mass is 10.2. The first-order chi connectivity index (χ1) is 9.10. The average Bonchev–Trinajstić information content (AvgIpc) is 2.34. The second-order valence-electron chi connectivity index (χ2n) is 4.06. The molecule has 1 rings (SSSR count). The van der Waals surface area contributed by atoms with E-state index in [1.807, 2.05) is 12.3 Å². The van der Waals surface area contributed by atoms with Crippen molar-refractivity contribution in [3.63, 3.8) is 0 Å². The smallest absolute Gasteiger partial charge is 0.249 e. The van der Waals surface area contributed by atoms with Crippen molar-refractivity contribution in [2.45, 2.75) is 11.8 Å². The van der Waals surface area contributed by atoms with Crippen molar-refractivity contribution >= 4 is 26.0 Å². The highest BCUT2D eigenvalue weighted by Crippen LogP contribution is 2.09. The van der Waals surface area contributed by atoms with Crippen molar-refractivity contribution in [3.8, 4) is 0 Å². The zero-order chi connectivity index (χ0) is 15.4. The molecule has 0 spiro atoms. The highest BCUT2D eigenvalue weighted by Gasteiger charge is 2.15. The van der Waals surface area contributed by atoms with E-state index in [9.17, 15) is 21.6 Å². The molecule has 0 fully saturated rings. The molecule has 0 atom stereocenters. The number of sulfonamides is 2. The van der Waals surface area contributed by atoms with Gasteiger partial charge in [-0.25, -0.2) is 21.6 Å². The minimum atomic E-state index is -3.81. The van der Waals surface area contributed by atoms with Crippen molar-refractivity contribution < 1.29 is 21.6 Å². The van der Waals surface area contributed by atoms with Gasteiger partial charge in [-0.15, -0.1) is 4.83 Å². The second kappa shape index (κ2) is 6.31. The number of hydrogen-bond acceptors (Lipinski definition) is 5. The van der Waals surface area contributed by atoms with Crippen LogP contribution >= 0.6 is 0 Å². The monoisotopic (exact) mass is 321 g/mol. The molecule has 1 aromatic carbocycles. The van der Waals surface area contributed by atoms with E-state index in [4.69, 9.17) is 0 Å². The maximum atomic E-state index is 11.8. The summed E-state index contributed by atoms with van der Waals surface area (Å²) in [5, 5.41) is 0. The molecule has 0 saturated heterocycles. The van der Waals surface area contributed by atoms with Crippen LogP contribution in [0.1, 0.15) is 5.56 Å². The van der Waals surface area contributed by atoms with Gasteiger partial charge in [0.15, 0.2) is 0 Å². The molecule has 0 saturated carbocycles. The van der Waals surface area contributed by atoms with Gasteiger partial charge in [0.2, 0.25) is 26.0 Å². The minimum Gasteiger partial charge on any atom is -0.277 e. The Kier molecular flexibility index (Phi) is 5.22. The van der Waals surface area contributed by atoms with Crippen LogP contribution < -0.4 is 15.0 Å². The lowest BCUT2D eigenvalue weighted by molar-refractivity contribution is -0.120. The quantitative estimate of drug-likeness (QED) is 0.571. The third-order valence-electron chi connectivity index (χ3n) is 2.13. The molecule has 10 heteroatoms. The molecular formula is C10H15N3O5S2. The molecule has 0 aliphatic rings. The molecule has 0 heterocycles. The highest BCUT2D eigenvalue weighted by atomic mass is 32.2. The fourth-order valence-electron chi connectivity index (χ4n) is 1.16. The van der Waals surface area contributed by atoms with Gasteiger partial charge in [-0.3, -0.25) is 10.2 Å². The average molecular weight is 321 g/mol. The van der Waals surface area contributed by atoms with Gasteiger partial charge in [-0.05, 0) is 19.1 Å². The first-order valence-electron chi connectivity index (χ1n) is 5.42. The molecule has 0 radical (unpaired) electrons. The van der Waals surface area contributed by atoms with Crippen LogP contribution in [0.5, 0.6) is 0 Å². The molecule has 3 N–H and O–H groups in total. The number of carbonyl (C=O) groups excluding carboxylic acids is 1. The summed E-state index contributed by atoms with van der Waals surface area (Å²) in [4.78, 5) is 13.0. The number of aryl methyl sites for hydroxylation is 1. The van der Waals surface area contributed by atoms with E-state index < -0.39 is 32.5 Å². The van der Waals surface area contributed by atoms with Crippen LogP contribution in [-0.2, 0) is 24.8 Å². The molecule has 1 amide bonds. The molecular weight excluding hydrogens is 306 g/mol. The zero-order valence-corrected chi connectivity index (χ0v) is 12.5. The van der Waals surface area contributed by atoms with Crippen LogP contribution in [0, 0.1) is 6.92 Å². The Balaban J connectivity index is 2.60. The van der Waals surface area contributed by atoms with Gasteiger partial charge >= 0.3 is 0 Å². The van der Waals surface area contributed by atoms with Crippen LogP contribution in [0.15, 0.2) is 29.2 Å². The van der Waals surface area contributed by atoms with E-state index in [1.165, 1.54) is 12.1 Å². The van der Waals surface area contributed by atoms with Crippen molar-refractivity contribution in [1.82, 2.24) is 15.0 Å². The van der Waals surface area contributed by atoms with E-state index >= 15 is 0 Å². The van der Waals surface area contributed by atoms with Gasteiger partial charge in [0, 0.05) is 0 Å². The van der Waals surface area contributed by atoms with Gasteiger partial charge in [-0.1, -0.05) is 17.7 Å². The lowest BCUT2D eigenvalue weighted by Crippen LogP contribution is -2.45. The number of amides is 1. The number of rotatable bonds is 6. The minimum absolute atomic E-state index is 0.0203. The third kappa shape index (κ3) is 5.65. The molecule has 112 valence electrons. The van der Waals surface area contributed by atoms with Gasteiger partial charge in [0.1, 0.15) is 0 Å². The fraction of sp³-hybridized carbons (Fsp3) is 0.300. The third-order valence-corrected chi connectivity index (χ3v) is 4.02. The maximum absolute atomic E-state index is 11.8. The Morgan fingerprint density at radius 3 is 2.15 bits per heavy atom. The Hall–Kier alpha value is -1.49. The number of carbonyl (C=O) groups is 1. The van der Waals surface area contributed by atoms with Crippen LogP contribution in [-0.4, -0.2) is 35.5 Å². The van der Waals surface area contributed by atoms with Gasteiger partial charge in [0.05, 0.1) is 17.7 Å². The predicted octanol–water partition coefficient (Wildman–Crippen LogP) is -1.15. The van der Waals surface area contributed by atoms with Gasteiger partial charge < -0.3 is 0 Å². The van der Waals surface area contributed by atoms with Crippen LogP contribution in [0.3, 0.4) is 0 Å². The molecule has 0 bridgehead atoms. The summed E-state index contributed by atoms with van der Waals surface area (Å²) in [7, 11) is -7.40. The first-order valence-corrected chi connectivity index (χ1v) is 8.79. The van der Waals surface area contributed by atoms with Gasteiger partial charge in [-0.2, -0.15) is 0 Å². The number of nitrogens with one attached hydrogen (secondary N) is 3. The summed E-state index contributed by atoms with van der Waals surface area (Å²) >= 11 is 0. The summed E-state index contributed by atoms with van der Waals surface area (Å²) in [6.07, 6.45) is 0.851. The standard InChI is InChI=1S/C10H15N3O5S2/c1-8-3-5-9(6-4-8)20(17,18)11-7-10(14)12-13-19(2,15)16/h3-6,11,13H,7H2,1-2H3,(H,12,14). The molecule has 0 aliphatic carbocycles. The van der Waals surface area contributed by atoms with Crippen LogP contribution in [0.2, 0.25) is 0 Å². The first kappa shape index (κ1) is 16.6. The van der Waals surface area contributed by atoms with E-state index in [0.717, 1.165) is 11.8 Å². The lowest BCUT2D eigenvalue weighted by Gasteiger charge is -2.08. The number of hydrazine groups is 1. The normalized spacial score (nSPS) is 12.1. The summed E-state index contributed by atoms with van der Waals surface area (Å²) in [5.74, 6) is -0.828. The Morgan fingerprint density at radius 1 is 1.10 bits per heavy atom. The SMILES string of the molecule is Cc1ccc(S(=O)(=O)NCC(=O)NNS(C)(=O)=O)cc1. The summed E-state index contributed by atoms with van der Waals surface area (Å²) in [5.41, 5.74) is 2.75. The molecule has 0 aromatic heterocycles. The fourth-order valence-corrected chi connectivity index (χ4v) is 2.44. The molecule has 8 nitrogen and oxygen atoms in total. The van der Waals surface area contributed by atoms with Crippen molar-refractivity contribution in [2.24, 2.45) is 0 Å². The zero-order valence-electron chi connectivity index (χ0n) is 10.9. The molecule has 1 aromatic rings. The number of benzene rings is 1. The van der Waals surface area contributed by atoms with E-state index in [-0.39, 0.29) is 4.90 Å². The Bertz CT molecular complexity index is 680. The van der Waals surface area contributed by atoms with Gasteiger partial charge in [0.25, 0.3) is 0 Å². The largest absolute Gasteiger partial charge is 0.277 e. The molecule has 20 heavy (non-hydrogen) atoms. The van der Waals surface area contributed by atoms with E-state index in [1.54, 1.807) is 17.0 Å². The van der Waals surface area contributed by atoms with Crippen molar-refractivity contribution in [3.05, 3.63) is 29.8 Å². The Labute approximate surface area is 117 Å². The van der Waals surface area contributed by atoms with E-state index in [2.05, 4.69) is 4.72 Å². The summed E-state index contributed by atoms with van der Waals surface area (Å²) < 4.78 is 47.1. The topological polar surface area (TPSA) is 121 Å². The van der Waals surface area contributed by atoms with Crippen molar-refractivity contribution in [1.29, 1.82) is 0 Å². The maximum Gasteiger partial charge on any atom is 0.249 e. The molecule has 0 unspecified atom stereocenters. The van der Waals surface area contributed by atoms with Crippen LogP contribution in [0.25, 0.3) is 0 Å².